The summed E-state index contributed by atoms with van der Waals surface area (Å²) < 4.78 is 1.08. The summed E-state index contributed by atoms with van der Waals surface area (Å²) in [6.45, 7) is 4.70. The van der Waals surface area contributed by atoms with Gasteiger partial charge in [0.1, 0.15) is 0 Å². The van der Waals surface area contributed by atoms with Crippen LogP contribution in [0.25, 0.3) is 0 Å². The highest BCUT2D eigenvalue weighted by molar-refractivity contribution is 9.10. The van der Waals surface area contributed by atoms with Gasteiger partial charge in [0.2, 0.25) is 0 Å². The molecule has 0 amide bonds. The molecule has 1 saturated carbocycles. The van der Waals surface area contributed by atoms with E-state index in [0.29, 0.717) is 6.04 Å². The topological polar surface area (TPSA) is 12.0 Å². The number of anilines is 1. The van der Waals surface area contributed by atoms with Crippen molar-refractivity contribution in [2.75, 3.05) is 5.32 Å². The van der Waals surface area contributed by atoms with Crippen LogP contribution in [0.15, 0.2) is 22.7 Å². The number of rotatable bonds is 3. The molecule has 106 valence electrons. The maximum absolute atomic E-state index is 6.25. The van der Waals surface area contributed by atoms with E-state index >= 15 is 0 Å². The second-order valence-corrected chi connectivity index (χ2v) is 7.30. The first kappa shape index (κ1) is 15.2. The van der Waals surface area contributed by atoms with E-state index in [1.807, 2.05) is 12.1 Å². The van der Waals surface area contributed by atoms with Gasteiger partial charge in [0, 0.05) is 10.5 Å². The summed E-state index contributed by atoms with van der Waals surface area (Å²) in [6.07, 6.45) is 6.55. The molecule has 19 heavy (non-hydrogen) atoms. The third-order valence-corrected chi connectivity index (χ3v) is 5.07. The van der Waals surface area contributed by atoms with E-state index in [4.69, 9.17) is 11.6 Å². The predicted octanol–water partition coefficient (Wildman–Crippen LogP) is 6.12. The van der Waals surface area contributed by atoms with Gasteiger partial charge in [-0.15, -0.1) is 0 Å². The highest BCUT2D eigenvalue weighted by Crippen LogP contribution is 2.32. The molecule has 0 bridgehead atoms. The molecule has 1 fully saturated rings. The fourth-order valence-electron chi connectivity index (χ4n) is 2.97. The Hall–Kier alpha value is -0.210. The van der Waals surface area contributed by atoms with Crippen molar-refractivity contribution in [3.8, 4) is 0 Å². The van der Waals surface area contributed by atoms with Gasteiger partial charge in [-0.3, -0.25) is 0 Å². The average Bonchev–Trinajstić information content (AvgIpc) is 2.59. The molecule has 1 aromatic rings. The predicted molar refractivity (Wildman–Crippen MR) is 88.0 cm³/mol. The van der Waals surface area contributed by atoms with Crippen LogP contribution >= 0.6 is 27.5 Å². The van der Waals surface area contributed by atoms with Gasteiger partial charge in [-0.25, -0.2) is 0 Å². The standard InChI is InChI=1S/C16H23BrClN/c1-11(2)12-4-3-5-14(8-6-12)19-16-10-13(17)7-9-15(16)18/h7,9-12,14,19H,3-6,8H2,1-2H3. The van der Waals surface area contributed by atoms with Crippen molar-refractivity contribution in [2.24, 2.45) is 11.8 Å². The second-order valence-electron chi connectivity index (χ2n) is 5.98. The van der Waals surface area contributed by atoms with Crippen molar-refractivity contribution in [3.63, 3.8) is 0 Å². The molecule has 1 aromatic carbocycles. The van der Waals surface area contributed by atoms with Crippen LogP contribution in [-0.2, 0) is 0 Å². The monoisotopic (exact) mass is 343 g/mol. The lowest BCUT2D eigenvalue weighted by Crippen LogP contribution is -2.19. The lowest BCUT2D eigenvalue weighted by Gasteiger charge is -2.20. The maximum atomic E-state index is 6.25. The molecule has 3 heteroatoms. The molecule has 1 nitrogen and oxygen atoms in total. The normalized spacial score (nSPS) is 24.3. The molecule has 0 spiro atoms. The molecule has 2 rings (SSSR count). The van der Waals surface area contributed by atoms with Crippen molar-refractivity contribution in [3.05, 3.63) is 27.7 Å². The van der Waals surface area contributed by atoms with Crippen molar-refractivity contribution in [1.29, 1.82) is 0 Å². The molecule has 0 radical (unpaired) electrons. The highest BCUT2D eigenvalue weighted by Gasteiger charge is 2.21. The highest BCUT2D eigenvalue weighted by atomic mass is 79.9. The Morgan fingerprint density at radius 1 is 1.21 bits per heavy atom. The van der Waals surface area contributed by atoms with Crippen LogP contribution < -0.4 is 5.32 Å². The number of halogens is 2. The molecule has 0 aromatic heterocycles. The van der Waals surface area contributed by atoms with E-state index in [1.165, 1.54) is 32.1 Å². The number of hydrogen-bond acceptors (Lipinski definition) is 1. The Kier molecular flexibility index (Phi) is 5.58. The summed E-state index contributed by atoms with van der Waals surface area (Å²) in [4.78, 5) is 0. The SMILES string of the molecule is CC(C)C1CCCC(Nc2cc(Br)ccc2Cl)CC1. The van der Waals surface area contributed by atoms with Gasteiger partial charge >= 0.3 is 0 Å². The van der Waals surface area contributed by atoms with Crippen molar-refractivity contribution in [2.45, 2.75) is 52.0 Å². The molecule has 1 N–H and O–H groups in total. The second kappa shape index (κ2) is 6.99. The molecule has 1 aliphatic rings. The van der Waals surface area contributed by atoms with E-state index in [2.05, 4.69) is 41.2 Å². The van der Waals surface area contributed by atoms with E-state index in [1.54, 1.807) is 0 Å². The van der Waals surface area contributed by atoms with Gasteiger partial charge < -0.3 is 5.32 Å². The molecular formula is C16H23BrClN. The Bertz CT molecular complexity index is 419. The molecule has 0 saturated heterocycles. The zero-order valence-corrected chi connectivity index (χ0v) is 14.1. The molecule has 2 unspecified atom stereocenters. The fourth-order valence-corrected chi connectivity index (χ4v) is 3.50. The van der Waals surface area contributed by atoms with Gasteiger partial charge in [-0.1, -0.05) is 54.2 Å². The summed E-state index contributed by atoms with van der Waals surface area (Å²) in [6, 6.07) is 6.57. The van der Waals surface area contributed by atoms with E-state index < -0.39 is 0 Å². The summed E-state index contributed by atoms with van der Waals surface area (Å²) in [5.41, 5.74) is 1.06. The smallest absolute Gasteiger partial charge is 0.0638 e. The van der Waals surface area contributed by atoms with Crippen LogP contribution in [0.2, 0.25) is 5.02 Å². The first-order chi connectivity index (χ1) is 9.06. The Morgan fingerprint density at radius 3 is 2.74 bits per heavy atom. The molecule has 0 aliphatic heterocycles. The van der Waals surface area contributed by atoms with Gasteiger partial charge in [0.05, 0.1) is 10.7 Å². The summed E-state index contributed by atoms with van der Waals surface area (Å²) >= 11 is 9.76. The Labute approximate surface area is 130 Å². The largest absolute Gasteiger partial charge is 0.381 e. The lowest BCUT2D eigenvalue weighted by atomic mass is 9.89. The van der Waals surface area contributed by atoms with E-state index in [9.17, 15) is 0 Å². The van der Waals surface area contributed by atoms with Crippen LogP contribution in [0.4, 0.5) is 5.69 Å². The minimum atomic E-state index is 0.565. The van der Waals surface area contributed by atoms with Crippen LogP contribution in [0.5, 0.6) is 0 Å². The number of hydrogen-bond donors (Lipinski definition) is 1. The minimum absolute atomic E-state index is 0.565. The van der Waals surface area contributed by atoms with Crippen molar-refractivity contribution in [1.82, 2.24) is 0 Å². The van der Waals surface area contributed by atoms with Crippen LogP contribution in [-0.4, -0.2) is 6.04 Å². The van der Waals surface area contributed by atoms with Crippen molar-refractivity contribution < 1.29 is 0 Å². The Balaban J connectivity index is 1.98. The zero-order chi connectivity index (χ0) is 13.8. The minimum Gasteiger partial charge on any atom is -0.381 e. The quantitative estimate of drug-likeness (QED) is 0.651. The maximum Gasteiger partial charge on any atom is 0.0638 e. The van der Waals surface area contributed by atoms with E-state index in [-0.39, 0.29) is 0 Å². The summed E-state index contributed by atoms with van der Waals surface area (Å²) in [5, 5.41) is 4.44. The van der Waals surface area contributed by atoms with E-state index in [0.717, 1.165) is 27.0 Å². The van der Waals surface area contributed by atoms with Crippen LogP contribution in [0.1, 0.15) is 46.0 Å². The average molecular weight is 345 g/mol. The van der Waals surface area contributed by atoms with Gasteiger partial charge in [-0.2, -0.15) is 0 Å². The van der Waals surface area contributed by atoms with Gasteiger partial charge in [0.15, 0.2) is 0 Å². The summed E-state index contributed by atoms with van der Waals surface area (Å²) in [7, 11) is 0. The molecule has 1 aliphatic carbocycles. The third kappa shape index (κ3) is 4.39. The van der Waals surface area contributed by atoms with Gasteiger partial charge in [-0.05, 0) is 49.3 Å². The Morgan fingerprint density at radius 2 is 2.00 bits per heavy atom. The van der Waals surface area contributed by atoms with Gasteiger partial charge in [0.25, 0.3) is 0 Å². The van der Waals surface area contributed by atoms with Crippen LogP contribution in [0, 0.1) is 11.8 Å². The molecule has 2 atom stereocenters. The molecule has 0 heterocycles. The zero-order valence-electron chi connectivity index (χ0n) is 11.8. The fraction of sp³-hybridized carbons (Fsp3) is 0.625. The number of benzene rings is 1. The van der Waals surface area contributed by atoms with Crippen LogP contribution in [0.3, 0.4) is 0 Å². The summed E-state index contributed by atoms with van der Waals surface area (Å²) in [5.74, 6) is 1.71. The number of nitrogens with one attached hydrogen (secondary N) is 1. The first-order valence-corrected chi connectivity index (χ1v) is 8.45. The molecular weight excluding hydrogens is 322 g/mol. The third-order valence-electron chi connectivity index (χ3n) is 4.24. The van der Waals surface area contributed by atoms with Crippen molar-refractivity contribution >= 4 is 33.2 Å². The first-order valence-electron chi connectivity index (χ1n) is 7.28. The lowest BCUT2D eigenvalue weighted by molar-refractivity contribution is 0.341.